The van der Waals surface area contributed by atoms with Crippen molar-refractivity contribution in [1.29, 1.82) is 0 Å². The van der Waals surface area contributed by atoms with Crippen LogP contribution >= 0.6 is 0 Å². The molecule has 0 amide bonds. The second-order valence-electron chi connectivity index (χ2n) is 6.47. The molecule has 0 rings (SSSR count). The molecule has 6 N–H and O–H groups in total. The van der Waals surface area contributed by atoms with Crippen LogP contribution in [0.2, 0.25) is 0 Å². The van der Waals surface area contributed by atoms with Crippen LogP contribution in [-0.2, 0) is 4.74 Å². The van der Waals surface area contributed by atoms with Gasteiger partial charge >= 0.3 is 0 Å². The molecular weight excluding hydrogens is 280 g/mol. The zero-order valence-electron chi connectivity index (χ0n) is 15.4. The highest BCUT2D eigenvalue weighted by atomic mass is 16.5. The molecule has 0 unspecified atom stereocenters. The smallest absolute Gasteiger partial charge is 0.0852 e. The summed E-state index contributed by atoms with van der Waals surface area (Å²) in [7, 11) is 1.58. The second kappa shape index (κ2) is 15.6. The number of aliphatic hydroxyl groups is 1. The molecule has 0 aliphatic carbocycles. The molecule has 0 atom stereocenters. The van der Waals surface area contributed by atoms with Gasteiger partial charge in [-0.25, -0.2) is 0 Å². The lowest BCUT2D eigenvalue weighted by molar-refractivity contribution is -0.0226. The van der Waals surface area contributed by atoms with Crippen molar-refractivity contribution in [3.8, 4) is 0 Å². The fourth-order valence-corrected chi connectivity index (χ4v) is 1.52. The number of nitrogens with zero attached hydrogens (tertiary/aromatic N) is 1. The Morgan fingerprint density at radius 3 is 1.95 bits per heavy atom. The molecule has 22 heavy (non-hydrogen) atoms. The van der Waals surface area contributed by atoms with Crippen LogP contribution in [0.5, 0.6) is 0 Å². The van der Waals surface area contributed by atoms with Crippen molar-refractivity contribution in [3.05, 3.63) is 0 Å². The summed E-state index contributed by atoms with van der Waals surface area (Å²) in [6.07, 6.45) is 1.24. The lowest BCUT2D eigenvalue weighted by Gasteiger charge is -2.20. The molecule has 0 bridgehead atoms. The number of ether oxygens (including phenoxy) is 1. The van der Waals surface area contributed by atoms with Crippen LogP contribution in [0, 0.1) is 5.92 Å². The van der Waals surface area contributed by atoms with Gasteiger partial charge < -0.3 is 26.6 Å². The number of aliphatic hydroxyl groups excluding tert-OH is 1. The molecule has 0 radical (unpaired) electrons. The normalized spacial score (nSPS) is 11.7. The Kier molecular flexibility index (Phi) is 17.1. The van der Waals surface area contributed by atoms with Crippen LogP contribution in [-0.4, -0.2) is 75.1 Å². The third-order valence-electron chi connectivity index (χ3n) is 3.33. The molecular formula is C16H40N4O2. The van der Waals surface area contributed by atoms with Gasteiger partial charge in [0.05, 0.1) is 12.2 Å². The van der Waals surface area contributed by atoms with Crippen molar-refractivity contribution in [1.82, 2.24) is 10.2 Å². The quantitative estimate of drug-likeness (QED) is 0.385. The van der Waals surface area contributed by atoms with Gasteiger partial charge in [0, 0.05) is 46.4 Å². The summed E-state index contributed by atoms with van der Waals surface area (Å²) in [5, 5.41) is 11.9. The molecule has 0 saturated heterocycles. The van der Waals surface area contributed by atoms with Crippen molar-refractivity contribution >= 4 is 0 Å². The molecule has 136 valence electrons. The molecule has 0 aromatic heterocycles. The van der Waals surface area contributed by atoms with Crippen molar-refractivity contribution in [2.75, 3.05) is 59.5 Å². The van der Waals surface area contributed by atoms with Crippen LogP contribution in [0.3, 0.4) is 0 Å². The molecule has 0 spiro atoms. The van der Waals surface area contributed by atoms with E-state index in [0.717, 1.165) is 38.6 Å². The lowest BCUT2D eigenvalue weighted by atomic mass is 10.1. The molecule has 6 nitrogen and oxygen atoms in total. The first-order valence-corrected chi connectivity index (χ1v) is 8.32. The average Bonchev–Trinajstić information content (AvgIpc) is 2.47. The number of hydrogen-bond donors (Lipinski definition) is 4. The third kappa shape index (κ3) is 17.8. The van der Waals surface area contributed by atoms with Gasteiger partial charge in [0.2, 0.25) is 0 Å². The Labute approximate surface area is 137 Å². The van der Waals surface area contributed by atoms with Crippen LogP contribution in [0.1, 0.15) is 34.1 Å². The zero-order valence-corrected chi connectivity index (χ0v) is 15.4. The average molecular weight is 321 g/mol. The maximum atomic E-state index is 8.47. The Bertz CT molecular complexity index is 214. The van der Waals surface area contributed by atoms with Crippen LogP contribution in [0.25, 0.3) is 0 Å². The van der Waals surface area contributed by atoms with Gasteiger partial charge in [-0.1, -0.05) is 13.8 Å². The predicted octanol–water partition coefficient (Wildman–Crippen LogP) is 0.245. The number of methoxy groups -OCH3 is 1. The van der Waals surface area contributed by atoms with Crippen LogP contribution < -0.4 is 16.8 Å². The SMILES string of the molecule is CC(C)CCNCCN(CCN)CCN.COC(C)(C)CO. The fourth-order valence-electron chi connectivity index (χ4n) is 1.52. The highest BCUT2D eigenvalue weighted by molar-refractivity contribution is 4.63. The second-order valence-corrected chi connectivity index (χ2v) is 6.47. The highest BCUT2D eigenvalue weighted by Gasteiger charge is 2.12. The van der Waals surface area contributed by atoms with E-state index in [1.54, 1.807) is 7.11 Å². The Morgan fingerprint density at radius 1 is 1.09 bits per heavy atom. The fraction of sp³-hybridized carbons (Fsp3) is 1.00. The van der Waals surface area contributed by atoms with Gasteiger partial charge in [-0.05, 0) is 32.7 Å². The third-order valence-corrected chi connectivity index (χ3v) is 3.33. The molecule has 0 aromatic rings. The Balaban J connectivity index is 0. The minimum Gasteiger partial charge on any atom is -0.393 e. The van der Waals surface area contributed by atoms with Crippen molar-refractivity contribution in [2.45, 2.75) is 39.7 Å². The summed E-state index contributed by atoms with van der Waals surface area (Å²) >= 11 is 0. The van der Waals surface area contributed by atoms with E-state index in [2.05, 4.69) is 24.1 Å². The first-order valence-electron chi connectivity index (χ1n) is 8.32. The minimum atomic E-state index is -0.361. The first kappa shape index (κ1) is 24.0. The van der Waals surface area contributed by atoms with Gasteiger partial charge in [-0.15, -0.1) is 0 Å². The Morgan fingerprint density at radius 2 is 1.64 bits per heavy atom. The van der Waals surface area contributed by atoms with Gasteiger partial charge in [0.25, 0.3) is 0 Å². The summed E-state index contributed by atoms with van der Waals surface area (Å²) in [6.45, 7) is 14.7. The topological polar surface area (TPSA) is 96.8 Å². The monoisotopic (exact) mass is 320 g/mol. The van der Waals surface area contributed by atoms with Crippen LogP contribution in [0.15, 0.2) is 0 Å². The predicted molar refractivity (Wildman–Crippen MR) is 95.0 cm³/mol. The van der Waals surface area contributed by atoms with E-state index in [1.165, 1.54) is 6.42 Å². The van der Waals surface area contributed by atoms with E-state index in [0.29, 0.717) is 13.1 Å². The number of nitrogens with one attached hydrogen (secondary N) is 1. The first-order chi connectivity index (χ1) is 10.3. The van der Waals surface area contributed by atoms with Crippen molar-refractivity contribution < 1.29 is 9.84 Å². The van der Waals surface area contributed by atoms with E-state index in [4.69, 9.17) is 21.3 Å². The summed E-state index contributed by atoms with van der Waals surface area (Å²) in [4.78, 5) is 2.31. The van der Waals surface area contributed by atoms with Gasteiger partial charge in [0.15, 0.2) is 0 Å². The maximum Gasteiger partial charge on any atom is 0.0852 e. The largest absolute Gasteiger partial charge is 0.393 e. The highest BCUT2D eigenvalue weighted by Crippen LogP contribution is 2.03. The van der Waals surface area contributed by atoms with Crippen LogP contribution in [0.4, 0.5) is 0 Å². The summed E-state index contributed by atoms with van der Waals surface area (Å²) in [5.74, 6) is 0.779. The van der Waals surface area contributed by atoms with Crippen molar-refractivity contribution in [2.24, 2.45) is 17.4 Å². The number of hydrogen-bond acceptors (Lipinski definition) is 6. The lowest BCUT2D eigenvalue weighted by Crippen LogP contribution is -2.38. The standard InChI is InChI=1S/C11H28N4.C5H12O2/c1-11(2)3-6-14-7-10-15(8-4-12)9-5-13;1-5(2,4-6)7-3/h11,14H,3-10,12-13H2,1-2H3;6H,4H2,1-3H3. The number of nitrogens with two attached hydrogens (primary N) is 2. The van der Waals surface area contributed by atoms with E-state index < -0.39 is 0 Å². The molecule has 0 aliphatic rings. The molecule has 0 aliphatic heterocycles. The van der Waals surface area contributed by atoms with Gasteiger partial charge in [-0.2, -0.15) is 0 Å². The molecule has 0 aromatic carbocycles. The van der Waals surface area contributed by atoms with Gasteiger partial charge in [-0.3, -0.25) is 4.90 Å². The van der Waals surface area contributed by atoms with E-state index in [9.17, 15) is 0 Å². The summed E-state index contributed by atoms with van der Waals surface area (Å²) in [5.41, 5.74) is 10.7. The molecule has 6 heteroatoms. The van der Waals surface area contributed by atoms with Gasteiger partial charge in [0.1, 0.15) is 0 Å². The van der Waals surface area contributed by atoms with E-state index in [1.807, 2.05) is 13.8 Å². The number of rotatable bonds is 12. The molecule has 0 heterocycles. The minimum absolute atomic E-state index is 0.0729. The van der Waals surface area contributed by atoms with Crippen molar-refractivity contribution in [3.63, 3.8) is 0 Å². The van der Waals surface area contributed by atoms with E-state index >= 15 is 0 Å². The summed E-state index contributed by atoms with van der Waals surface area (Å²) < 4.78 is 4.84. The zero-order chi connectivity index (χ0) is 17.4. The molecule has 0 fully saturated rings. The Hall–Kier alpha value is -0.240. The van der Waals surface area contributed by atoms with E-state index in [-0.39, 0.29) is 12.2 Å². The molecule has 0 saturated carbocycles. The maximum absolute atomic E-state index is 8.47. The summed E-state index contributed by atoms with van der Waals surface area (Å²) in [6, 6.07) is 0.